The van der Waals surface area contributed by atoms with Gasteiger partial charge in [-0.1, -0.05) is 0 Å². The van der Waals surface area contributed by atoms with E-state index in [-0.39, 0.29) is 12.1 Å². The smallest absolute Gasteiger partial charge is 0.410 e. The first kappa shape index (κ1) is 11.1. The molecule has 5 heteroatoms. The Hall–Kier alpha value is -0.995. The molecule has 4 nitrogen and oxygen atoms in total. The quantitative estimate of drug-likeness (QED) is 0.457. The topological polar surface area (TPSA) is 46.6 Å². The van der Waals surface area contributed by atoms with Crippen LogP contribution < -0.4 is 0 Å². The van der Waals surface area contributed by atoms with Crippen LogP contribution in [-0.4, -0.2) is 42.6 Å². The minimum absolute atomic E-state index is 0.287. The molecule has 1 amide bonds. The van der Waals surface area contributed by atoms with Crippen LogP contribution in [0.1, 0.15) is 20.8 Å². The number of ether oxygens (including phenoxy) is 1. The Labute approximate surface area is 84.8 Å². The molecular formula is C9H16BNO3. The summed E-state index contributed by atoms with van der Waals surface area (Å²) in [6.45, 7) is 5.45. The van der Waals surface area contributed by atoms with Gasteiger partial charge in [-0.25, -0.2) is 4.79 Å². The molecule has 14 heavy (non-hydrogen) atoms. The molecule has 78 valence electrons. The Kier molecular flexibility index (Phi) is 3.19. The summed E-state index contributed by atoms with van der Waals surface area (Å²) in [5, 5.41) is 0. The second-order valence-electron chi connectivity index (χ2n) is 4.52. The molecule has 1 aliphatic rings. The fourth-order valence-corrected chi connectivity index (χ4v) is 1.48. The molecule has 1 aliphatic heterocycles. The van der Waals surface area contributed by atoms with Crippen LogP contribution in [-0.2, 0) is 9.53 Å². The molecule has 0 saturated carbocycles. The molecule has 0 N–H and O–H groups in total. The van der Waals surface area contributed by atoms with E-state index in [4.69, 9.17) is 4.74 Å². The van der Waals surface area contributed by atoms with E-state index in [0.29, 0.717) is 6.44 Å². The highest BCUT2D eigenvalue weighted by molar-refractivity contribution is 6.38. The highest BCUT2D eigenvalue weighted by Crippen LogP contribution is 2.16. The molecule has 0 aromatic rings. The molecule has 0 aliphatic carbocycles. The Morgan fingerprint density at radius 2 is 2.21 bits per heavy atom. The minimum Gasteiger partial charge on any atom is -0.444 e. The first-order valence-corrected chi connectivity index (χ1v) is 4.89. The lowest BCUT2D eigenvalue weighted by Crippen LogP contribution is -2.40. The van der Waals surface area contributed by atoms with Crippen LogP contribution in [0, 0.1) is 0 Å². The molecule has 0 bridgehead atoms. The first-order chi connectivity index (χ1) is 6.44. The third-order valence-corrected chi connectivity index (χ3v) is 2.08. The van der Waals surface area contributed by atoms with Crippen LogP contribution in [0.2, 0.25) is 6.32 Å². The number of carbonyl (C=O) groups excluding carboxylic acids is 2. The van der Waals surface area contributed by atoms with Gasteiger partial charge in [-0.15, -0.1) is 0 Å². The Morgan fingerprint density at radius 1 is 1.57 bits per heavy atom. The maximum atomic E-state index is 11.6. The van der Waals surface area contributed by atoms with Crippen LogP contribution in [0.4, 0.5) is 4.79 Å². The molecule has 1 heterocycles. The average molecular weight is 197 g/mol. The van der Waals surface area contributed by atoms with Crippen molar-refractivity contribution in [2.75, 3.05) is 6.44 Å². The Bertz CT molecular complexity index is 237. The molecule has 0 aromatic carbocycles. The van der Waals surface area contributed by atoms with Crippen LogP contribution in [0.25, 0.3) is 0 Å². The second kappa shape index (κ2) is 4.03. The molecule has 0 aromatic heterocycles. The zero-order chi connectivity index (χ0) is 10.8. The van der Waals surface area contributed by atoms with E-state index in [2.05, 4.69) is 0 Å². The molecule has 1 atom stereocenters. The fraction of sp³-hybridized carbons (Fsp3) is 0.778. The maximum Gasteiger partial charge on any atom is 0.410 e. The van der Waals surface area contributed by atoms with Crippen molar-refractivity contribution < 1.29 is 14.3 Å². The van der Waals surface area contributed by atoms with Crippen molar-refractivity contribution in [1.29, 1.82) is 0 Å². The molecular weight excluding hydrogens is 181 g/mol. The number of amides is 1. The van der Waals surface area contributed by atoms with Gasteiger partial charge in [-0.05, 0) is 33.5 Å². The van der Waals surface area contributed by atoms with E-state index < -0.39 is 5.60 Å². The zero-order valence-corrected chi connectivity index (χ0v) is 8.95. The lowest BCUT2D eigenvalue weighted by atomic mass is 9.77. The predicted molar refractivity (Wildman–Crippen MR) is 54.7 cm³/mol. The first-order valence-electron chi connectivity index (χ1n) is 4.89. The van der Waals surface area contributed by atoms with Gasteiger partial charge in [0.1, 0.15) is 19.2 Å². The molecule has 1 saturated heterocycles. The molecule has 0 spiro atoms. The number of nitrogens with zero attached hydrogens (tertiary/aromatic N) is 1. The third-order valence-electron chi connectivity index (χ3n) is 2.08. The SMILES string of the molecule is CC(C)(C)OC(=O)N1CBC[C@H]1C=O. The van der Waals surface area contributed by atoms with E-state index in [1.54, 1.807) is 0 Å². The largest absolute Gasteiger partial charge is 0.444 e. The van der Waals surface area contributed by atoms with Crippen LogP contribution in [0.15, 0.2) is 0 Å². The van der Waals surface area contributed by atoms with Gasteiger partial charge in [0.15, 0.2) is 0 Å². The average Bonchev–Trinajstić information content (AvgIpc) is 2.47. The van der Waals surface area contributed by atoms with Crippen LogP contribution in [0.5, 0.6) is 0 Å². The summed E-state index contributed by atoms with van der Waals surface area (Å²) in [4.78, 5) is 23.7. The monoisotopic (exact) mass is 197 g/mol. The van der Waals surface area contributed by atoms with E-state index in [1.165, 1.54) is 4.90 Å². The standard InChI is InChI=1S/C9H16BNO3/c1-9(2,3)14-8(13)11-6-10-4-7(11)5-12/h5,7,10H,4,6H2,1-3H3/t7-/m0/s1. The van der Waals surface area contributed by atoms with Crippen LogP contribution >= 0.6 is 0 Å². The number of rotatable bonds is 1. The summed E-state index contributed by atoms with van der Waals surface area (Å²) in [7, 11) is 0.878. The fourth-order valence-electron chi connectivity index (χ4n) is 1.48. The molecule has 0 unspecified atom stereocenters. The van der Waals surface area contributed by atoms with Crippen molar-refractivity contribution in [2.45, 2.75) is 38.7 Å². The molecule has 1 fully saturated rings. The summed E-state index contributed by atoms with van der Waals surface area (Å²) < 4.78 is 5.18. The Balaban J connectivity index is 2.56. The van der Waals surface area contributed by atoms with E-state index >= 15 is 0 Å². The maximum absolute atomic E-state index is 11.6. The van der Waals surface area contributed by atoms with Gasteiger partial charge in [0.2, 0.25) is 0 Å². The van der Waals surface area contributed by atoms with Gasteiger partial charge < -0.3 is 14.4 Å². The number of hydrogen-bond donors (Lipinski definition) is 0. The van der Waals surface area contributed by atoms with E-state index in [1.807, 2.05) is 20.8 Å². The van der Waals surface area contributed by atoms with Crippen molar-refractivity contribution in [3.05, 3.63) is 0 Å². The van der Waals surface area contributed by atoms with Gasteiger partial charge in [-0.2, -0.15) is 0 Å². The number of aldehydes is 1. The van der Waals surface area contributed by atoms with Crippen molar-refractivity contribution in [3.8, 4) is 0 Å². The van der Waals surface area contributed by atoms with Gasteiger partial charge in [-0.3, -0.25) is 0 Å². The van der Waals surface area contributed by atoms with Gasteiger partial charge in [0.05, 0.1) is 6.04 Å². The zero-order valence-electron chi connectivity index (χ0n) is 8.95. The third kappa shape index (κ3) is 2.75. The van der Waals surface area contributed by atoms with Crippen molar-refractivity contribution in [1.82, 2.24) is 4.90 Å². The summed E-state index contributed by atoms with van der Waals surface area (Å²) in [5.74, 6) is 0. The lowest BCUT2D eigenvalue weighted by molar-refractivity contribution is -0.111. The van der Waals surface area contributed by atoms with Crippen LogP contribution in [0.3, 0.4) is 0 Å². The summed E-state index contributed by atoms with van der Waals surface area (Å²) in [5.41, 5.74) is -0.493. The number of carbonyl (C=O) groups is 2. The summed E-state index contributed by atoms with van der Waals surface area (Å²) >= 11 is 0. The van der Waals surface area contributed by atoms with Crippen molar-refractivity contribution in [2.24, 2.45) is 0 Å². The summed E-state index contributed by atoms with van der Waals surface area (Å²) in [6, 6.07) is -0.287. The highest BCUT2D eigenvalue weighted by atomic mass is 16.6. The van der Waals surface area contributed by atoms with Gasteiger partial charge in [0.25, 0.3) is 0 Å². The normalized spacial score (nSPS) is 21.6. The minimum atomic E-state index is -0.493. The van der Waals surface area contributed by atoms with E-state index in [0.717, 1.165) is 19.9 Å². The van der Waals surface area contributed by atoms with Gasteiger partial charge in [0, 0.05) is 0 Å². The van der Waals surface area contributed by atoms with E-state index in [9.17, 15) is 9.59 Å². The lowest BCUT2D eigenvalue weighted by Gasteiger charge is -2.26. The van der Waals surface area contributed by atoms with Gasteiger partial charge >= 0.3 is 6.09 Å². The van der Waals surface area contributed by atoms with Crippen molar-refractivity contribution in [3.63, 3.8) is 0 Å². The number of hydrogen-bond acceptors (Lipinski definition) is 3. The second-order valence-corrected chi connectivity index (χ2v) is 4.52. The summed E-state index contributed by atoms with van der Waals surface area (Å²) in [6.07, 6.45) is 1.81. The molecule has 1 rings (SSSR count). The highest BCUT2D eigenvalue weighted by Gasteiger charge is 2.32. The molecule has 0 radical (unpaired) electrons. The predicted octanol–water partition coefficient (Wildman–Crippen LogP) is 0.617. The van der Waals surface area contributed by atoms with Crippen molar-refractivity contribution >= 4 is 19.7 Å². The Morgan fingerprint density at radius 3 is 2.71 bits per heavy atom.